The third kappa shape index (κ3) is 4.22. The van der Waals surface area contributed by atoms with Crippen LogP contribution in [0.4, 0.5) is 0 Å². The number of carbonyl (C=O) groups excluding carboxylic acids is 1. The number of hydrogen-bond donors (Lipinski definition) is 0. The lowest BCUT2D eigenvalue weighted by Gasteiger charge is -2.21. The Hall–Kier alpha value is -1.06. The minimum atomic E-state index is 0.0168. The van der Waals surface area contributed by atoms with E-state index in [-0.39, 0.29) is 11.8 Å². The van der Waals surface area contributed by atoms with E-state index in [1.165, 1.54) is 5.56 Å². The monoisotopic (exact) mass is 280 g/mol. The van der Waals surface area contributed by atoms with E-state index in [2.05, 4.69) is 29.2 Å². The molecule has 0 N–H and O–H groups in total. The van der Waals surface area contributed by atoms with Crippen molar-refractivity contribution in [3.05, 3.63) is 35.9 Å². The number of amides is 1. The van der Waals surface area contributed by atoms with Gasteiger partial charge in [0.05, 0.1) is 0 Å². The third-order valence-electron chi connectivity index (χ3n) is 3.69. The number of alkyl halides is 1. The van der Waals surface area contributed by atoms with Gasteiger partial charge in [0.1, 0.15) is 5.88 Å². The molecular formula is C15H21ClN2O. The zero-order valence-corrected chi connectivity index (χ0v) is 12.1. The van der Waals surface area contributed by atoms with Gasteiger partial charge >= 0.3 is 0 Å². The molecule has 1 amide bonds. The standard InChI is InChI=1S/C15H21ClN2O/c1-17(15(19)9-16)10-14-7-8-18(12-14)11-13-5-3-2-4-6-13/h2-6,14H,7-12H2,1H3. The van der Waals surface area contributed by atoms with Gasteiger partial charge in [-0.3, -0.25) is 9.69 Å². The van der Waals surface area contributed by atoms with Crippen LogP contribution in [-0.2, 0) is 11.3 Å². The van der Waals surface area contributed by atoms with Crippen molar-refractivity contribution in [2.75, 3.05) is 32.6 Å². The molecule has 1 unspecified atom stereocenters. The first-order chi connectivity index (χ1) is 9.19. The fourth-order valence-electron chi connectivity index (χ4n) is 2.64. The Morgan fingerprint density at radius 1 is 1.42 bits per heavy atom. The SMILES string of the molecule is CN(CC1CCN(Cc2ccccc2)C1)C(=O)CCl. The van der Waals surface area contributed by atoms with E-state index in [1.807, 2.05) is 13.1 Å². The van der Waals surface area contributed by atoms with Gasteiger partial charge in [0.25, 0.3) is 0 Å². The molecule has 1 fully saturated rings. The maximum Gasteiger partial charge on any atom is 0.237 e. The van der Waals surface area contributed by atoms with Crippen LogP contribution in [0.3, 0.4) is 0 Å². The second kappa shape index (κ2) is 6.92. The van der Waals surface area contributed by atoms with Crippen molar-refractivity contribution in [2.24, 2.45) is 5.92 Å². The molecule has 0 spiro atoms. The Bertz CT molecular complexity index is 410. The van der Waals surface area contributed by atoms with E-state index in [4.69, 9.17) is 11.6 Å². The fraction of sp³-hybridized carbons (Fsp3) is 0.533. The van der Waals surface area contributed by atoms with Gasteiger partial charge in [-0.05, 0) is 24.4 Å². The van der Waals surface area contributed by atoms with Gasteiger partial charge in [-0.15, -0.1) is 11.6 Å². The van der Waals surface area contributed by atoms with Crippen molar-refractivity contribution in [3.63, 3.8) is 0 Å². The lowest BCUT2D eigenvalue weighted by Crippen LogP contribution is -2.33. The molecule has 1 saturated heterocycles. The maximum absolute atomic E-state index is 11.5. The van der Waals surface area contributed by atoms with Crippen LogP contribution in [-0.4, -0.2) is 48.3 Å². The zero-order valence-electron chi connectivity index (χ0n) is 11.4. The third-order valence-corrected chi connectivity index (χ3v) is 3.92. The topological polar surface area (TPSA) is 23.6 Å². The second-order valence-corrected chi connectivity index (χ2v) is 5.55. The Morgan fingerprint density at radius 3 is 2.84 bits per heavy atom. The summed E-state index contributed by atoms with van der Waals surface area (Å²) < 4.78 is 0. The average molecular weight is 281 g/mol. The fourth-order valence-corrected chi connectivity index (χ4v) is 2.84. The number of rotatable bonds is 5. The largest absolute Gasteiger partial charge is 0.344 e. The summed E-state index contributed by atoms with van der Waals surface area (Å²) in [6.45, 7) is 4.00. The Balaban J connectivity index is 1.79. The van der Waals surface area contributed by atoms with Gasteiger partial charge in [0.2, 0.25) is 5.91 Å². The van der Waals surface area contributed by atoms with Crippen LogP contribution in [0.25, 0.3) is 0 Å². The van der Waals surface area contributed by atoms with Gasteiger partial charge in [0, 0.05) is 26.7 Å². The van der Waals surface area contributed by atoms with Crippen LogP contribution < -0.4 is 0 Å². The first kappa shape index (κ1) is 14.4. The molecule has 19 heavy (non-hydrogen) atoms. The summed E-state index contributed by atoms with van der Waals surface area (Å²) in [7, 11) is 1.84. The molecule has 4 heteroatoms. The normalized spacial score (nSPS) is 19.6. The number of nitrogens with zero attached hydrogens (tertiary/aromatic N) is 2. The lowest BCUT2D eigenvalue weighted by atomic mass is 10.1. The smallest absolute Gasteiger partial charge is 0.237 e. The van der Waals surface area contributed by atoms with Crippen molar-refractivity contribution >= 4 is 17.5 Å². The summed E-state index contributed by atoms with van der Waals surface area (Å²) in [5.74, 6) is 0.667. The van der Waals surface area contributed by atoms with Crippen LogP contribution in [0.2, 0.25) is 0 Å². The summed E-state index contributed by atoms with van der Waals surface area (Å²) in [5.41, 5.74) is 1.35. The summed E-state index contributed by atoms with van der Waals surface area (Å²) >= 11 is 5.57. The molecule has 0 radical (unpaired) electrons. The molecule has 0 aromatic heterocycles. The molecule has 104 valence electrons. The van der Waals surface area contributed by atoms with Gasteiger partial charge in [0.15, 0.2) is 0 Å². The molecule has 1 aliphatic rings. The Morgan fingerprint density at radius 2 is 2.16 bits per heavy atom. The average Bonchev–Trinajstić information content (AvgIpc) is 2.86. The predicted octanol–water partition coefficient (Wildman–Crippen LogP) is 2.21. The zero-order chi connectivity index (χ0) is 13.7. The number of benzene rings is 1. The van der Waals surface area contributed by atoms with Crippen molar-refractivity contribution in [2.45, 2.75) is 13.0 Å². The molecule has 1 aliphatic heterocycles. The minimum absolute atomic E-state index is 0.0168. The molecule has 0 saturated carbocycles. The summed E-state index contributed by atoms with van der Waals surface area (Å²) in [4.78, 5) is 15.7. The van der Waals surface area contributed by atoms with Gasteiger partial charge in [-0.25, -0.2) is 0 Å². The molecule has 1 aromatic carbocycles. The highest BCUT2D eigenvalue weighted by molar-refractivity contribution is 6.27. The highest BCUT2D eigenvalue weighted by Crippen LogP contribution is 2.19. The molecule has 1 atom stereocenters. The second-order valence-electron chi connectivity index (χ2n) is 5.28. The van der Waals surface area contributed by atoms with Crippen LogP contribution in [0.1, 0.15) is 12.0 Å². The Kier molecular flexibility index (Phi) is 5.23. The van der Waals surface area contributed by atoms with E-state index >= 15 is 0 Å². The van der Waals surface area contributed by atoms with Crippen molar-refractivity contribution in [1.29, 1.82) is 0 Å². The van der Waals surface area contributed by atoms with E-state index < -0.39 is 0 Å². The highest BCUT2D eigenvalue weighted by Gasteiger charge is 2.24. The van der Waals surface area contributed by atoms with Crippen LogP contribution in [0.5, 0.6) is 0 Å². The number of hydrogen-bond acceptors (Lipinski definition) is 2. The van der Waals surface area contributed by atoms with Gasteiger partial charge in [-0.1, -0.05) is 30.3 Å². The molecule has 1 heterocycles. The number of halogens is 1. The quantitative estimate of drug-likeness (QED) is 0.772. The van der Waals surface area contributed by atoms with E-state index in [9.17, 15) is 4.79 Å². The predicted molar refractivity (Wildman–Crippen MR) is 78.2 cm³/mol. The highest BCUT2D eigenvalue weighted by atomic mass is 35.5. The van der Waals surface area contributed by atoms with Crippen LogP contribution in [0.15, 0.2) is 30.3 Å². The first-order valence-electron chi connectivity index (χ1n) is 6.75. The van der Waals surface area contributed by atoms with Gasteiger partial charge in [-0.2, -0.15) is 0 Å². The molecule has 0 bridgehead atoms. The van der Waals surface area contributed by atoms with Crippen LogP contribution in [0, 0.1) is 5.92 Å². The van der Waals surface area contributed by atoms with Crippen molar-refractivity contribution in [1.82, 2.24) is 9.80 Å². The molecule has 2 rings (SSSR count). The Labute approximate surface area is 120 Å². The summed E-state index contributed by atoms with van der Waals surface area (Å²) in [6.07, 6.45) is 1.16. The molecule has 1 aromatic rings. The van der Waals surface area contributed by atoms with E-state index in [0.717, 1.165) is 32.6 Å². The minimum Gasteiger partial charge on any atom is -0.344 e. The summed E-state index contributed by atoms with van der Waals surface area (Å²) in [6, 6.07) is 10.5. The lowest BCUT2D eigenvalue weighted by molar-refractivity contribution is -0.127. The molecule has 3 nitrogen and oxygen atoms in total. The van der Waals surface area contributed by atoms with Gasteiger partial charge < -0.3 is 4.90 Å². The van der Waals surface area contributed by atoms with Crippen molar-refractivity contribution in [3.8, 4) is 0 Å². The molecular weight excluding hydrogens is 260 g/mol. The molecule has 0 aliphatic carbocycles. The first-order valence-corrected chi connectivity index (χ1v) is 7.28. The van der Waals surface area contributed by atoms with E-state index in [1.54, 1.807) is 4.90 Å². The van der Waals surface area contributed by atoms with Crippen LogP contribution >= 0.6 is 11.6 Å². The number of likely N-dealkylation sites (tertiary alicyclic amines) is 1. The summed E-state index contributed by atoms with van der Waals surface area (Å²) in [5, 5.41) is 0. The van der Waals surface area contributed by atoms with E-state index in [0.29, 0.717) is 5.92 Å². The number of carbonyl (C=O) groups is 1. The maximum atomic E-state index is 11.5. The van der Waals surface area contributed by atoms with Crippen molar-refractivity contribution < 1.29 is 4.79 Å².